The Kier molecular flexibility index (Phi) is 5.04. The van der Waals surface area contributed by atoms with E-state index in [-0.39, 0.29) is 17.7 Å². The van der Waals surface area contributed by atoms with Gasteiger partial charge in [-0.15, -0.1) is 0 Å². The van der Waals surface area contributed by atoms with E-state index in [1.165, 1.54) is 11.1 Å². The molecule has 0 N–H and O–H groups in total. The van der Waals surface area contributed by atoms with Crippen molar-refractivity contribution in [2.45, 2.75) is 37.0 Å². The van der Waals surface area contributed by atoms with E-state index in [1.54, 1.807) is 4.31 Å². The van der Waals surface area contributed by atoms with Crippen molar-refractivity contribution in [2.24, 2.45) is 0 Å². The van der Waals surface area contributed by atoms with Gasteiger partial charge in [-0.3, -0.25) is 0 Å². The highest BCUT2D eigenvalue weighted by atomic mass is 79.9. The molecule has 0 amide bonds. The lowest BCUT2D eigenvalue weighted by Gasteiger charge is -2.34. The number of sulfonamides is 1. The van der Waals surface area contributed by atoms with Gasteiger partial charge in [-0.1, -0.05) is 70.0 Å². The quantitative estimate of drug-likeness (QED) is 0.648. The van der Waals surface area contributed by atoms with Crippen molar-refractivity contribution < 1.29 is 8.42 Å². The van der Waals surface area contributed by atoms with Gasteiger partial charge in [0.25, 0.3) is 0 Å². The summed E-state index contributed by atoms with van der Waals surface area (Å²) in [5.74, 6) is 0.307. The van der Waals surface area contributed by atoms with E-state index in [9.17, 15) is 8.42 Å². The fourth-order valence-corrected chi connectivity index (χ4v) is 6.28. The van der Waals surface area contributed by atoms with Crippen LogP contribution in [0.1, 0.15) is 36.3 Å². The summed E-state index contributed by atoms with van der Waals surface area (Å²) in [4.78, 5) is 0. The topological polar surface area (TPSA) is 37.4 Å². The molecule has 1 aliphatic heterocycles. The third kappa shape index (κ3) is 3.53. The van der Waals surface area contributed by atoms with Crippen LogP contribution in [0.2, 0.25) is 0 Å². The fraction of sp³-hybridized carbons (Fsp3) is 0.333. The van der Waals surface area contributed by atoms with E-state index in [0.29, 0.717) is 6.54 Å². The Labute approximate surface area is 163 Å². The fourth-order valence-electron chi connectivity index (χ4n) is 4.24. The summed E-state index contributed by atoms with van der Waals surface area (Å²) in [6.45, 7) is 0.596. The zero-order valence-corrected chi connectivity index (χ0v) is 16.9. The van der Waals surface area contributed by atoms with Gasteiger partial charge < -0.3 is 0 Å². The lowest BCUT2D eigenvalue weighted by molar-refractivity contribution is 0.345. The molecule has 5 heteroatoms. The molecule has 1 aliphatic carbocycles. The summed E-state index contributed by atoms with van der Waals surface area (Å²) < 4.78 is 29.2. The van der Waals surface area contributed by atoms with Crippen molar-refractivity contribution >= 4 is 26.0 Å². The average molecular weight is 432 g/mol. The second-order valence-electron chi connectivity index (χ2n) is 7.06. The van der Waals surface area contributed by atoms with Crippen LogP contribution in [0, 0.1) is 0 Å². The Bertz CT molecular complexity index is 907. The smallest absolute Gasteiger partial charge is 0.212 e. The summed E-state index contributed by atoms with van der Waals surface area (Å²) in [6.07, 6.45) is 5.13. The van der Waals surface area contributed by atoms with E-state index in [2.05, 4.69) is 34.1 Å². The number of halogens is 1. The maximum atomic E-state index is 13.2. The minimum Gasteiger partial charge on any atom is -0.212 e. The van der Waals surface area contributed by atoms with Crippen LogP contribution in [0.4, 0.5) is 0 Å². The first kappa shape index (κ1) is 18.0. The molecule has 0 radical (unpaired) electrons. The van der Waals surface area contributed by atoms with Crippen molar-refractivity contribution in [2.75, 3.05) is 6.54 Å². The summed E-state index contributed by atoms with van der Waals surface area (Å²) in [6, 6.07) is 17.8. The Morgan fingerprint density at radius 2 is 1.77 bits per heavy atom. The van der Waals surface area contributed by atoms with Crippen molar-refractivity contribution in [3.63, 3.8) is 0 Å². The largest absolute Gasteiger partial charge is 0.218 e. The van der Waals surface area contributed by atoms with Gasteiger partial charge in [-0.2, -0.15) is 4.31 Å². The lowest BCUT2D eigenvalue weighted by Crippen LogP contribution is -2.41. The summed E-state index contributed by atoms with van der Waals surface area (Å²) >= 11 is 3.49. The molecule has 2 aromatic rings. The van der Waals surface area contributed by atoms with Crippen molar-refractivity contribution in [3.05, 3.63) is 81.8 Å². The molecule has 0 unspecified atom stereocenters. The van der Waals surface area contributed by atoms with Gasteiger partial charge in [-0.05, 0) is 42.5 Å². The molecule has 2 atom stereocenters. The van der Waals surface area contributed by atoms with E-state index >= 15 is 0 Å². The molecule has 1 fully saturated rings. The molecule has 26 heavy (non-hydrogen) atoms. The highest BCUT2D eigenvalue weighted by Crippen LogP contribution is 2.43. The van der Waals surface area contributed by atoms with Crippen LogP contribution in [-0.4, -0.2) is 25.3 Å². The van der Waals surface area contributed by atoms with Crippen LogP contribution in [0.3, 0.4) is 0 Å². The normalized spacial score (nSPS) is 23.5. The Hall–Kier alpha value is -1.43. The van der Waals surface area contributed by atoms with Crippen LogP contribution in [0.25, 0.3) is 0 Å². The molecular formula is C21H22BrNO2S. The molecule has 3 nitrogen and oxygen atoms in total. The number of rotatable bonds is 4. The SMILES string of the molecule is O=S(=O)(Cc1ccccc1)N1CCC2=CCC[C@@H](c3ccc(Br)cc3)[C@@H]21. The Morgan fingerprint density at radius 3 is 2.50 bits per heavy atom. The highest BCUT2D eigenvalue weighted by molar-refractivity contribution is 9.10. The third-order valence-corrected chi connectivity index (χ3v) is 7.77. The van der Waals surface area contributed by atoms with Crippen LogP contribution < -0.4 is 0 Å². The predicted molar refractivity (Wildman–Crippen MR) is 108 cm³/mol. The first-order valence-electron chi connectivity index (χ1n) is 9.02. The molecule has 0 spiro atoms. The van der Waals surface area contributed by atoms with Gasteiger partial charge >= 0.3 is 0 Å². The number of hydrogen-bond donors (Lipinski definition) is 0. The van der Waals surface area contributed by atoms with E-state index in [0.717, 1.165) is 29.3 Å². The molecule has 0 aromatic heterocycles. The van der Waals surface area contributed by atoms with Gasteiger partial charge in [0.2, 0.25) is 10.0 Å². The van der Waals surface area contributed by atoms with E-state index < -0.39 is 10.0 Å². The molecule has 2 aromatic carbocycles. The maximum Gasteiger partial charge on any atom is 0.218 e. The molecular weight excluding hydrogens is 410 g/mol. The van der Waals surface area contributed by atoms with Gasteiger partial charge in [0.1, 0.15) is 0 Å². The summed E-state index contributed by atoms with van der Waals surface area (Å²) in [7, 11) is -3.35. The molecule has 0 saturated carbocycles. The minimum atomic E-state index is -3.35. The maximum absolute atomic E-state index is 13.2. The first-order chi connectivity index (χ1) is 12.5. The number of allylic oxidation sites excluding steroid dienone is 1. The average Bonchev–Trinajstić information content (AvgIpc) is 3.08. The van der Waals surface area contributed by atoms with Crippen LogP contribution >= 0.6 is 15.9 Å². The Balaban J connectivity index is 1.65. The van der Waals surface area contributed by atoms with Crippen LogP contribution in [-0.2, 0) is 15.8 Å². The monoisotopic (exact) mass is 431 g/mol. The number of fused-ring (bicyclic) bond motifs is 1. The number of hydrogen-bond acceptors (Lipinski definition) is 2. The third-order valence-electron chi connectivity index (χ3n) is 5.42. The molecule has 1 saturated heterocycles. The van der Waals surface area contributed by atoms with Crippen molar-refractivity contribution in [3.8, 4) is 0 Å². The molecule has 2 aliphatic rings. The van der Waals surface area contributed by atoms with E-state index in [4.69, 9.17) is 0 Å². The second-order valence-corrected chi connectivity index (χ2v) is 9.90. The standard InChI is InChI=1S/C21H22BrNO2S/c22-19-11-9-17(10-12-19)20-8-4-7-18-13-14-23(21(18)20)26(24,25)15-16-5-2-1-3-6-16/h1-3,5-7,9-12,20-21H,4,8,13-15H2/t20-,21+/m0/s1. The van der Waals surface area contributed by atoms with Crippen LogP contribution in [0.15, 0.2) is 70.7 Å². The molecule has 1 heterocycles. The molecule has 4 rings (SSSR count). The van der Waals surface area contributed by atoms with E-state index in [1.807, 2.05) is 42.5 Å². The minimum absolute atomic E-state index is 0.0290. The van der Waals surface area contributed by atoms with Gasteiger partial charge in [0.15, 0.2) is 0 Å². The van der Waals surface area contributed by atoms with Crippen molar-refractivity contribution in [1.29, 1.82) is 0 Å². The van der Waals surface area contributed by atoms with Gasteiger partial charge in [-0.25, -0.2) is 8.42 Å². The molecule has 0 bridgehead atoms. The summed E-state index contributed by atoms with van der Waals surface area (Å²) in [5, 5.41) is 0. The second kappa shape index (κ2) is 7.29. The van der Waals surface area contributed by atoms with Crippen LogP contribution in [0.5, 0.6) is 0 Å². The van der Waals surface area contributed by atoms with Gasteiger partial charge in [0.05, 0.1) is 11.8 Å². The predicted octanol–water partition coefficient (Wildman–Crippen LogP) is 4.86. The summed E-state index contributed by atoms with van der Waals surface area (Å²) in [5.41, 5.74) is 3.37. The Morgan fingerprint density at radius 1 is 1.04 bits per heavy atom. The zero-order valence-electron chi connectivity index (χ0n) is 14.5. The van der Waals surface area contributed by atoms with Gasteiger partial charge in [0, 0.05) is 16.9 Å². The first-order valence-corrected chi connectivity index (χ1v) is 11.4. The highest BCUT2D eigenvalue weighted by Gasteiger charge is 2.43. The molecule has 136 valence electrons. The lowest BCUT2D eigenvalue weighted by atomic mass is 9.80. The number of benzene rings is 2. The van der Waals surface area contributed by atoms with Crippen molar-refractivity contribution in [1.82, 2.24) is 4.31 Å². The zero-order chi connectivity index (χ0) is 18.1. The number of nitrogens with zero attached hydrogens (tertiary/aromatic N) is 1.